The molecule has 6 nitrogen and oxygen atoms in total. The summed E-state index contributed by atoms with van der Waals surface area (Å²) in [6.45, 7) is 0.185. The number of methoxy groups -OCH3 is 2. The van der Waals surface area contributed by atoms with E-state index in [0.29, 0.717) is 23.0 Å². The van der Waals surface area contributed by atoms with Gasteiger partial charge in [-0.05, 0) is 24.3 Å². The third kappa shape index (κ3) is 3.82. The third-order valence-corrected chi connectivity index (χ3v) is 4.43. The summed E-state index contributed by atoms with van der Waals surface area (Å²) in [5.74, 6) is 1.81. The Morgan fingerprint density at radius 2 is 1.84 bits per heavy atom. The van der Waals surface area contributed by atoms with Crippen molar-refractivity contribution in [3.63, 3.8) is 0 Å². The first kappa shape index (κ1) is 17.4. The molecule has 25 heavy (non-hydrogen) atoms. The van der Waals surface area contributed by atoms with E-state index < -0.39 is 12.1 Å². The normalized spacial score (nSPS) is 15.4. The maximum Gasteiger partial charge on any atom is 0.351 e. The van der Waals surface area contributed by atoms with Crippen molar-refractivity contribution in [2.75, 3.05) is 20.8 Å². The molecule has 0 unspecified atom stereocenters. The van der Waals surface area contributed by atoms with E-state index in [0.717, 1.165) is 10.0 Å². The van der Waals surface area contributed by atoms with Crippen LogP contribution < -0.4 is 18.9 Å². The summed E-state index contributed by atoms with van der Waals surface area (Å²) in [7, 11) is 3.11. The minimum absolute atomic E-state index is 0.0707. The van der Waals surface area contributed by atoms with Gasteiger partial charge in [-0.25, -0.2) is 4.79 Å². The summed E-state index contributed by atoms with van der Waals surface area (Å²) in [6, 6.07) is 10.7. The topological polar surface area (TPSA) is 63.2 Å². The van der Waals surface area contributed by atoms with Gasteiger partial charge in [-0.2, -0.15) is 0 Å². The number of carbonyl (C=O) groups excluding carboxylic acids is 1. The highest BCUT2D eigenvalue weighted by molar-refractivity contribution is 9.10. The number of carbonyl (C=O) groups is 1. The average Bonchev–Trinajstić information content (AvgIpc) is 2.66. The zero-order chi connectivity index (χ0) is 17.8. The maximum atomic E-state index is 12.3. The molecule has 0 N–H and O–H groups in total. The molecule has 0 saturated carbocycles. The first-order chi connectivity index (χ1) is 12.1. The quantitative estimate of drug-likeness (QED) is 0.706. The van der Waals surface area contributed by atoms with Crippen LogP contribution in [0, 0.1) is 0 Å². The van der Waals surface area contributed by atoms with Crippen molar-refractivity contribution >= 4 is 21.9 Å². The van der Waals surface area contributed by atoms with E-state index in [1.165, 1.54) is 0 Å². The van der Waals surface area contributed by atoms with E-state index in [-0.39, 0.29) is 13.2 Å². The summed E-state index contributed by atoms with van der Waals surface area (Å²) < 4.78 is 27.8. The standard InChI is InChI=1S/C18H17BrO6/c1-21-15-7-11(12(19)8-16(15)22-2)9-24-18(20)17-10-23-13-5-3-4-6-14(13)25-17/h3-8,17H,9-10H2,1-2H3/t17-/m0/s1. The largest absolute Gasteiger partial charge is 0.493 e. The molecule has 3 rings (SSSR count). The van der Waals surface area contributed by atoms with Crippen LogP contribution in [-0.4, -0.2) is 32.9 Å². The first-order valence-electron chi connectivity index (χ1n) is 7.58. The van der Waals surface area contributed by atoms with Crippen molar-refractivity contribution in [2.45, 2.75) is 12.7 Å². The lowest BCUT2D eigenvalue weighted by atomic mass is 10.2. The van der Waals surface area contributed by atoms with Gasteiger partial charge in [-0.1, -0.05) is 28.1 Å². The average molecular weight is 409 g/mol. The van der Waals surface area contributed by atoms with Gasteiger partial charge in [0.2, 0.25) is 6.10 Å². The lowest BCUT2D eigenvalue weighted by molar-refractivity contribution is -0.155. The van der Waals surface area contributed by atoms with Crippen molar-refractivity contribution < 1.29 is 28.5 Å². The number of fused-ring (bicyclic) bond motifs is 1. The van der Waals surface area contributed by atoms with Gasteiger partial charge in [0.05, 0.1) is 14.2 Å². The molecule has 0 spiro atoms. The van der Waals surface area contributed by atoms with Gasteiger partial charge in [0.15, 0.2) is 23.0 Å². The second-order valence-electron chi connectivity index (χ2n) is 5.27. The number of hydrogen-bond donors (Lipinski definition) is 0. The Morgan fingerprint density at radius 3 is 2.56 bits per heavy atom. The molecule has 0 saturated heterocycles. The summed E-state index contributed by atoms with van der Waals surface area (Å²) in [5, 5.41) is 0. The third-order valence-electron chi connectivity index (χ3n) is 3.69. The van der Waals surface area contributed by atoms with E-state index in [4.69, 9.17) is 23.7 Å². The van der Waals surface area contributed by atoms with Crippen molar-refractivity contribution in [1.82, 2.24) is 0 Å². The first-order valence-corrected chi connectivity index (χ1v) is 8.37. The summed E-state index contributed by atoms with van der Waals surface area (Å²) >= 11 is 3.44. The van der Waals surface area contributed by atoms with Crippen LogP contribution in [0.15, 0.2) is 40.9 Å². The zero-order valence-electron chi connectivity index (χ0n) is 13.8. The fourth-order valence-electron chi connectivity index (χ4n) is 2.38. The number of para-hydroxylation sites is 2. The van der Waals surface area contributed by atoms with Gasteiger partial charge in [0.25, 0.3) is 0 Å². The van der Waals surface area contributed by atoms with Crippen LogP contribution in [0.3, 0.4) is 0 Å². The maximum absolute atomic E-state index is 12.3. The van der Waals surface area contributed by atoms with E-state index in [9.17, 15) is 4.79 Å². The van der Waals surface area contributed by atoms with Gasteiger partial charge >= 0.3 is 5.97 Å². The second kappa shape index (κ2) is 7.65. The molecule has 0 amide bonds. The Morgan fingerprint density at radius 1 is 1.16 bits per heavy atom. The van der Waals surface area contributed by atoms with Crippen LogP contribution in [0.1, 0.15) is 5.56 Å². The molecule has 0 bridgehead atoms. The minimum atomic E-state index is -0.797. The highest BCUT2D eigenvalue weighted by Crippen LogP contribution is 2.34. The monoisotopic (exact) mass is 408 g/mol. The van der Waals surface area contributed by atoms with Gasteiger partial charge in [0, 0.05) is 10.0 Å². The Labute approximate surface area is 153 Å². The van der Waals surface area contributed by atoms with Crippen molar-refractivity contribution in [3.05, 3.63) is 46.4 Å². The molecule has 1 aliphatic rings. The lowest BCUT2D eigenvalue weighted by Crippen LogP contribution is -2.37. The van der Waals surface area contributed by atoms with Crippen LogP contribution in [0.4, 0.5) is 0 Å². The summed E-state index contributed by atoms with van der Waals surface area (Å²) in [6.07, 6.45) is -0.797. The van der Waals surface area contributed by atoms with E-state index >= 15 is 0 Å². The van der Waals surface area contributed by atoms with Crippen LogP contribution in [0.5, 0.6) is 23.0 Å². The molecule has 0 fully saturated rings. The van der Waals surface area contributed by atoms with E-state index in [2.05, 4.69) is 15.9 Å². The Balaban J connectivity index is 1.65. The van der Waals surface area contributed by atoms with Crippen molar-refractivity contribution in [2.24, 2.45) is 0 Å². The molecular weight excluding hydrogens is 392 g/mol. The molecule has 0 aliphatic carbocycles. The molecule has 2 aromatic carbocycles. The van der Waals surface area contributed by atoms with Gasteiger partial charge in [-0.3, -0.25) is 0 Å². The zero-order valence-corrected chi connectivity index (χ0v) is 15.4. The van der Waals surface area contributed by atoms with Crippen LogP contribution in [0.25, 0.3) is 0 Å². The number of esters is 1. The summed E-state index contributed by atoms with van der Waals surface area (Å²) in [4.78, 5) is 12.3. The van der Waals surface area contributed by atoms with Crippen molar-refractivity contribution in [1.29, 1.82) is 0 Å². The fraction of sp³-hybridized carbons (Fsp3) is 0.278. The molecule has 1 aliphatic heterocycles. The molecule has 2 aromatic rings. The summed E-state index contributed by atoms with van der Waals surface area (Å²) in [5.41, 5.74) is 0.753. The van der Waals surface area contributed by atoms with Crippen LogP contribution >= 0.6 is 15.9 Å². The Bertz CT molecular complexity index is 776. The highest BCUT2D eigenvalue weighted by atomic mass is 79.9. The second-order valence-corrected chi connectivity index (χ2v) is 6.12. The molecule has 132 valence electrons. The molecule has 1 heterocycles. The molecule has 7 heteroatoms. The van der Waals surface area contributed by atoms with Crippen LogP contribution in [-0.2, 0) is 16.1 Å². The van der Waals surface area contributed by atoms with Crippen LogP contribution in [0.2, 0.25) is 0 Å². The lowest BCUT2D eigenvalue weighted by Gasteiger charge is -2.25. The number of hydrogen-bond acceptors (Lipinski definition) is 6. The van der Waals surface area contributed by atoms with Gasteiger partial charge in [0.1, 0.15) is 13.2 Å². The van der Waals surface area contributed by atoms with E-state index in [1.54, 1.807) is 38.5 Å². The number of ether oxygens (including phenoxy) is 5. The fourth-order valence-corrected chi connectivity index (χ4v) is 2.82. The van der Waals surface area contributed by atoms with Gasteiger partial charge < -0.3 is 23.7 Å². The molecule has 0 aromatic heterocycles. The smallest absolute Gasteiger partial charge is 0.351 e. The Kier molecular flexibility index (Phi) is 5.33. The minimum Gasteiger partial charge on any atom is -0.493 e. The molecular formula is C18H17BrO6. The number of benzene rings is 2. The SMILES string of the molecule is COc1cc(Br)c(COC(=O)[C@@H]2COc3ccccc3O2)cc1OC. The number of halogens is 1. The highest BCUT2D eigenvalue weighted by Gasteiger charge is 2.28. The van der Waals surface area contributed by atoms with E-state index in [1.807, 2.05) is 12.1 Å². The van der Waals surface area contributed by atoms with Gasteiger partial charge in [-0.15, -0.1) is 0 Å². The number of rotatable bonds is 5. The molecule has 1 atom stereocenters. The van der Waals surface area contributed by atoms with Crippen molar-refractivity contribution in [3.8, 4) is 23.0 Å². The Hall–Kier alpha value is -2.41. The predicted molar refractivity (Wildman–Crippen MR) is 93.4 cm³/mol. The predicted octanol–water partition coefficient (Wildman–Crippen LogP) is 3.35. The molecule has 0 radical (unpaired) electrons.